The number of anilines is 1. The van der Waals surface area contributed by atoms with Crippen LogP contribution in [0.5, 0.6) is 0 Å². The SMILES string of the molecule is C=CCN(C(=O)c1cccc(C)c1)C1CC(=O)N(c2ccc(I)cc2)C1=O. The van der Waals surface area contributed by atoms with Gasteiger partial charge in [-0.3, -0.25) is 14.4 Å². The summed E-state index contributed by atoms with van der Waals surface area (Å²) < 4.78 is 1.01. The number of carbonyl (C=O) groups excluding carboxylic acids is 3. The predicted octanol–water partition coefficient (Wildman–Crippen LogP) is 3.56. The summed E-state index contributed by atoms with van der Waals surface area (Å²) in [5.41, 5.74) is 1.97. The van der Waals surface area contributed by atoms with Crippen LogP contribution < -0.4 is 4.90 Å². The van der Waals surface area contributed by atoms with E-state index in [1.54, 1.807) is 36.4 Å². The van der Waals surface area contributed by atoms with E-state index in [9.17, 15) is 14.4 Å². The minimum Gasteiger partial charge on any atom is -0.322 e. The Kier molecular flexibility index (Phi) is 5.74. The van der Waals surface area contributed by atoms with Crippen molar-refractivity contribution in [2.45, 2.75) is 19.4 Å². The maximum atomic E-state index is 13.0. The first kappa shape index (κ1) is 19.3. The monoisotopic (exact) mass is 474 g/mol. The van der Waals surface area contributed by atoms with Gasteiger partial charge in [0.2, 0.25) is 5.91 Å². The van der Waals surface area contributed by atoms with E-state index in [1.807, 2.05) is 25.1 Å². The quantitative estimate of drug-likeness (QED) is 0.379. The van der Waals surface area contributed by atoms with E-state index in [0.717, 1.165) is 9.13 Å². The zero-order valence-electron chi connectivity index (χ0n) is 14.9. The van der Waals surface area contributed by atoms with Gasteiger partial charge in [0, 0.05) is 15.7 Å². The molecule has 1 heterocycles. The molecule has 1 saturated heterocycles. The molecule has 5 nitrogen and oxygen atoms in total. The first-order chi connectivity index (χ1) is 12.9. The van der Waals surface area contributed by atoms with Gasteiger partial charge in [-0.15, -0.1) is 6.58 Å². The molecule has 0 saturated carbocycles. The molecule has 0 radical (unpaired) electrons. The molecule has 2 aromatic rings. The number of hydrogen-bond acceptors (Lipinski definition) is 3. The van der Waals surface area contributed by atoms with Gasteiger partial charge >= 0.3 is 0 Å². The van der Waals surface area contributed by atoms with E-state index < -0.39 is 6.04 Å². The van der Waals surface area contributed by atoms with Crippen molar-refractivity contribution in [2.75, 3.05) is 11.4 Å². The molecule has 0 aromatic heterocycles. The van der Waals surface area contributed by atoms with Crippen molar-refractivity contribution < 1.29 is 14.4 Å². The molecule has 0 aliphatic carbocycles. The van der Waals surface area contributed by atoms with E-state index in [1.165, 1.54) is 9.80 Å². The Morgan fingerprint density at radius 3 is 2.59 bits per heavy atom. The second-order valence-corrected chi connectivity index (χ2v) is 7.63. The highest BCUT2D eigenvalue weighted by Gasteiger charge is 2.44. The van der Waals surface area contributed by atoms with Crippen molar-refractivity contribution in [1.29, 1.82) is 0 Å². The van der Waals surface area contributed by atoms with Crippen LogP contribution in [0.1, 0.15) is 22.3 Å². The van der Waals surface area contributed by atoms with E-state index in [-0.39, 0.29) is 30.7 Å². The number of aryl methyl sites for hydroxylation is 1. The van der Waals surface area contributed by atoms with E-state index in [0.29, 0.717) is 11.3 Å². The Bertz CT molecular complexity index is 908. The van der Waals surface area contributed by atoms with Gasteiger partial charge in [0.15, 0.2) is 0 Å². The Labute approximate surface area is 171 Å². The number of hydrogen-bond donors (Lipinski definition) is 0. The Hall–Kier alpha value is -2.48. The lowest BCUT2D eigenvalue weighted by atomic mass is 10.1. The van der Waals surface area contributed by atoms with Gasteiger partial charge in [-0.05, 0) is 65.9 Å². The van der Waals surface area contributed by atoms with E-state index in [2.05, 4.69) is 29.2 Å². The van der Waals surface area contributed by atoms with Crippen LogP contribution >= 0.6 is 22.6 Å². The van der Waals surface area contributed by atoms with Crippen molar-refractivity contribution in [3.05, 3.63) is 75.9 Å². The van der Waals surface area contributed by atoms with E-state index in [4.69, 9.17) is 0 Å². The molecule has 3 amide bonds. The molecular formula is C21H19IN2O3. The summed E-state index contributed by atoms with van der Waals surface area (Å²) in [6, 6.07) is 13.5. The highest BCUT2D eigenvalue weighted by Crippen LogP contribution is 2.27. The van der Waals surface area contributed by atoms with Crippen molar-refractivity contribution >= 4 is 46.0 Å². The summed E-state index contributed by atoms with van der Waals surface area (Å²) in [7, 11) is 0. The lowest BCUT2D eigenvalue weighted by Gasteiger charge is -2.26. The Morgan fingerprint density at radius 2 is 1.96 bits per heavy atom. The molecule has 1 aliphatic rings. The minimum absolute atomic E-state index is 0.0315. The number of benzene rings is 2. The number of carbonyl (C=O) groups is 3. The fourth-order valence-corrected chi connectivity index (χ4v) is 3.52. The normalized spacial score (nSPS) is 16.5. The van der Waals surface area contributed by atoms with Crippen LogP contribution in [-0.4, -0.2) is 35.2 Å². The third kappa shape index (κ3) is 3.95. The number of nitrogens with zero attached hydrogens (tertiary/aromatic N) is 2. The van der Waals surface area contributed by atoms with Gasteiger partial charge in [-0.2, -0.15) is 0 Å². The fraction of sp³-hybridized carbons (Fsp3) is 0.190. The van der Waals surface area contributed by atoms with Crippen LogP contribution in [0.2, 0.25) is 0 Å². The molecule has 2 aromatic carbocycles. The average Bonchev–Trinajstić information content (AvgIpc) is 2.94. The number of halogens is 1. The largest absolute Gasteiger partial charge is 0.322 e. The Balaban J connectivity index is 1.91. The highest BCUT2D eigenvalue weighted by molar-refractivity contribution is 14.1. The maximum absolute atomic E-state index is 13.0. The lowest BCUT2D eigenvalue weighted by Crippen LogP contribution is -2.45. The van der Waals surface area contributed by atoms with Gasteiger partial charge < -0.3 is 4.90 Å². The standard InChI is InChI=1S/C21H19IN2O3/c1-3-11-23(20(26)15-6-4-5-14(2)12-15)18-13-19(25)24(21(18)27)17-9-7-16(22)8-10-17/h3-10,12,18H,1,11,13H2,2H3. The molecular weight excluding hydrogens is 455 g/mol. The molecule has 3 rings (SSSR count). The molecule has 27 heavy (non-hydrogen) atoms. The fourth-order valence-electron chi connectivity index (χ4n) is 3.16. The van der Waals surface area contributed by atoms with E-state index >= 15 is 0 Å². The summed E-state index contributed by atoms with van der Waals surface area (Å²) in [4.78, 5) is 41.1. The van der Waals surface area contributed by atoms with Gasteiger partial charge in [0.05, 0.1) is 12.1 Å². The van der Waals surface area contributed by atoms with Crippen molar-refractivity contribution in [1.82, 2.24) is 4.90 Å². The number of amides is 3. The molecule has 0 N–H and O–H groups in total. The Morgan fingerprint density at radius 1 is 1.26 bits per heavy atom. The van der Waals surface area contributed by atoms with Crippen LogP contribution in [-0.2, 0) is 9.59 Å². The summed E-state index contributed by atoms with van der Waals surface area (Å²) >= 11 is 2.16. The number of imide groups is 1. The molecule has 1 atom stereocenters. The summed E-state index contributed by atoms with van der Waals surface area (Å²) in [5, 5.41) is 0. The summed E-state index contributed by atoms with van der Waals surface area (Å²) in [6.07, 6.45) is 1.54. The van der Waals surface area contributed by atoms with Gasteiger partial charge in [-0.25, -0.2) is 4.90 Å². The molecule has 1 unspecified atom stereocenters. The second kappa shape index (κ2) is 8.04. The van der Waals surface area contributed by atoms with Crippen LogP contribution in [0.3, 0.4) is 0 Å². The highest BCUT2D eigenvalue weighted by atomic mass is 127. The predicted molar refractivity (Wildman–Crippen MR) is 112 cm³/mol. The third-order valence-corrected chi connectivity index (χ3v) is 5.15. The topological polar surface area (TPSA) is 57.7 Å². The van der Waals surface area contributed by atoms with Crippen LogP contribution in [0, 0.1) is 10.5 Å². The molecule has 0 spiro atoms. The molecule has 0 bridgehead atoms. The van der Waals surface area contributed by atoms with Crippen molar-refractivity contribution in [3.8, 4) is 0 Å². The first-order valence-corrected chi connectivity index (χ1v) is 9.61. The second-order valence-electron chi connectivity index (χ2n) is 6.38. The van der Waals surface area contributed by atoms with Gasteiger partial charge in [0.25, 0.3) is 11.8 Å². The zero-order valence-corrected chi connectivity index (χ0v) is 17.0. The first-order valence-electron chi connectivity index (χ1n) is 8.53. The van der Waals surface area contributed by atoms with Crippen LogP contribution in [0.15, 0.2) is 61.2 Å². The summed E-state index contributed by atoms with van der Waals surface area (Å²) in [5.74, 6) is -0.976. The third-order valence-electron chi connectivity index (χ3n) is 4.44. The smallest absolute Gasteiger partial charge is 0.257 e. The van der Waals surface area contributed by atoms with Gasteiger partial charge in [-0.1, -0.05) is 23.8 Å². The van der Waals surface area contributed by atoms with Crippen LogP contribution in [0.4, 0.5) is 5.69 Å². The zero-order chi connectivity index (χ0) is 19.6. The summed E-state index contributed by atoms with van der Waals surface area (Å²) in [6.45, 7) is 5.78. The molecule has 138 valence electrons. The molecule has 6 heteroatoms. The lowest BCUT2D eigenvalue weighted by molar-refractivity contribution is -0.122. The molecule has 1 aliphatic heterocycles. The maximum Gasteiger partial charge on any atom is 0.257 e. The number of rotatable bonds is 5. The van der Waals surface area contributed by atoms with Crippen molar-refractivity contribution in [3.63, 3.8) is 0 Å². The van der Waals surface area contributed by atoms with Crippen molar-refractivity contribution in [2.24, 2.45) is 0 Å². The average molecular weight is 474 g/mol. The van der Waals surface area contributed by atoms with Gasteiger partial charge in [0.1, 0.15) is 6.04 Å². The van der Waals surface area contributed by atoms with Crippen LogP contribution in [0.25, 0.3) is 0 Å². The molecule has 1 fully saturated rings. The minimum atomic E-state index is -0.831.